The molecule has 6 heteroatoms. The smallest absolute Gasteiger partial charge is 0.252 e. The molecule has 1 fully saturated rings. The van der Waals surface area contributed by atoms with Crippen LogP contribution < -0.4 is 10.2 Å². The molecule has 1 aromatic carbocycles. The molecular formula is C12H12BrClN2O2. The first kappa shape index (κ1) is 13.4. The van der Waals surface area contributed by atoms with E-state index in [1.54, 1.807) is 30.1 Å². The first-order valence-corrected chi connectivity index (χ1v) is 6.78. The van der Waals surface area contributed by atoms with Crippen LogP contribution in [0.15, 0.2) is 18.2 Å². The third kappa shape index (κ3) is 2.52. The fourth-order valence-corrected chi connectivity index (χ4v) is 2.73. The Hall–Kier alpha value is -1.07. The van der Waals surface area contributed by atoms with Gasteiger partial charge in [0.15, 0.2) is 0 Å². The van der Waals surface area contributed by atoms with E-state index in [0.717, 1.165) is 5.69 Å². The lowest BCUT2D eigenvalue weighted by Gasteiger charge is -2.17. The Kier molecular flexibility index (Phi) is 3.92. The van der Waals surface area contributed by atoms with Crippen molar-refractivity contribution in [2.45, 2.75) is 11.2 Å². The summed E-state index contributed by atoms with van der Waals surface area (Å²) in [6.45, 7) is 0.620. The molecule has 1 heterocycles. The van der Waals surface area contributed by atoms with Crippen LogP contribution in [0.2, 0.25) is 5.02 Å². The second kappa shape index (κ2) is 5.28. The Morgan fingerprint density at radius 1 is 1.56 bits per heavy atom. The van der Waals surface area contributed by atoms with Crippen LogP contribution in [0.25, 0.3) is 0 Å². The largest absolute Gasteiger partial charge is 0.355 e. The van der Waals surface area contributed by atoms with Crippen molar-refractivity contribution < 1.29 is 9.59 Å². The molecule has 1 saturated heterocycles. The molecule has 18 heavy (non-hydrogen) atoms. The molecule has 96 valence electrons. The zero-order valence-electron chi connectivity index (χ0n) is 9.74. The fourth-order valence-electron chi connectivity index (χ4n) is 1.90. The summed E-state index contributed by atoms with van der Waals surface area (Å²) >= 11 is 9.48. The van der Waals surface area contributed by atoms with Crippen molar-refractivity contribution in [3.05, 3.63) is 28.8 Å². The molecule has 0 spiro atoms. The number of hydrogen-bond acceptors (Lipinski definition) is 2. The number of halogens is 2. The lowest BCUT2D eigenvalue weighted by molar-refractivity contribution is -0.117. The third-order valence-corrected chi connectivity index (χ3v) is 3.74. The van der Waals surface area contributed by atoms with Crippen LogP contribution in [0.5, 0.6) is 0 Å². The van der Waals surface area contributed by atoms with Crippen LogP contribution in [0.3, 0.4) is 0 Å². The van der Waals surface area contributed by atoms with E-state index in [2.05, 4.69) is 21.2 Å². The van der Waals surface area contributed by atoms with E-state index < -0.39 is 0 Å². The van der Waals surface area contributed by atoms with Crippen LogP contribution in [-0.2, 0) is 4.79 Å². The molecule has 1 aliphatic heterocycles. The highest BCUT2D eigenvalue weighted by Crippen LogP contribution is 2.28. The highest BCUT2D eigenvalue weighted by molar-refractivity contribution is 9.09. The van der Waals surface area contributed by atoms with Crippen molar-refractivity contribution in [2.75, 3.05) is 18.5 Å². The number of rotatable bonds is 2. The molecule has 2 rings (SSSR count). The summed E-state index contributed by atoms with van der Waals surface area (Å²) in [6, 6.07) is 5.01. The summed E-state index contributed by atoms with van der Waals surface area (Å²) < 4.78 is 0. The summed E-state index contributed by atoms with van der Waals surface area (Å²) in [5.74, 6) is -0.182. The average Bonchev–Trinajstić information content (AvgIpc) is 2.67. The van der Waals surface area contributed by atoms with E-state index in [1.807, 2.05) is 0 Å². The average molecular weight is 332 g/mol. The molecule has 4 nitrogen and oxygen atoms in total. The van der Waals surface area contributed by atoms with Crippen molar-refractivity contribution in [1.29, 1.82) is 0 Å². The minimum absolute atomic E-state index is 0.0561. The van der Waals surface area contributed by atoms with Gasteiger partial charge in [-0.2, -0.15) is 0 Å². The zero-order valence-corrected chi connectivity index (χ0v) is 12.1. The van der Waals surface area contributed by atoms with Crippen molar-refractivity contribution in [3.63, 3.8) is 0 Å². The van der Waals surface area contributed by atoms with E-state index in [-0.39, 0.29) is 16.6 Å². The molecular weight excluding hydrogens is 320 g/mol. The summed E-state index contributed by atoms with van der Waals surface area (Å²) in [6.07, 6.45) is 0.481. The third-order valence-electron chi connectivity index (χ3n) is 2.81. The quantitative estimate of drug-likeness (QED) is 0.845. The summed E-state index contributed by atoms with van der Waals surface area (Å²) in [4.78, 5) is 25.1. The van der Waals surface area contributed by atoms with Crippen LogP contribution in [0.1, 0.15) is 16.8 Å². The maximum Gasteiger partial charge on any atom is 0.252 e. The molecule has 1 aliphatic rings. The van der Waals surface area contributed by atoms with Crippen LogP contribution in [-0.4, -0.2) is 30.2 Å². The summed E-state index contributed by atoms with van der Waals surface area (Å²) in [5.41, 5.74) is 1.13. The molecule has 1 atom stereocenters. The van der Waals surface area contributed by atoms with Gasteiger partial charge in [0.25, 0.3) is 5.91 Å². The van der Waals surface area contributed by atoms with E-state index in [9.17, 15) is 9.59 Å². The normalized spacial score (nSPS) is 19.2. The van der Waals surface area contributed by atoms with Crippen molar-refractivity contribution in [1.82, 2.24) is 5.32 Å². The van der Waals surface area contributed by atoms with E-state index in [0.29, 0.717) is 23.6 Å². The lowest BCUT2D eigenvalue weighted by Crippen LogP contribution is -2.25. The summed E-state index contributed by atoms with van der Waals surface area (Å²) in [5, 5.41) is 2.86. The van der Waals surface area contributed by atoms with Gasteiger partial charge in [-0.15, -0.1) is 0 Å². The van der Waals surface area contributed by atoms with Gasteiger partial charge in [-0.1, -0.05) is 27.5 Å². The highest BCUT2D eigenvalue weighted by atomic mass is 79.9. The van der Waals surface area contributed by atoms with Gasteiger partial charge in [-0.3, -0.25) is 9.59 Å². The van der Waals surface area contributed by atoms with Gasteiger partial charge in [-0.05, 0) is 18.2 Å². The van der Waals surface area contributed by atoms with Gasteiger partial charge in [0.05, 0.1) is 10.6 Å². The number of alkyl halides is 1. The predicted molar refractivity (Wildman–Crippen MR) is 74.5 cm³/mol. The fraction of sp³-hybridized carbons (Fsp3) is 0.333. The molecule has 2 amide bonds. The number of benzene rings is 1. The molecule has 0 radical (unpaired) electrons. The van der Waals surface area contributed by atoms with Crippen molar-refractivity contribution in [2.24, 2.45) is 0 Å². The number of hydrogen-bond donors (Lipinski definition) is 1. The SMILES string of the molecule is CNC(=O)c1ccc(N2CC(Br)CC2=O)cc1Cl. The van der Waals surface area contributed by atoms with E-state index in [1.165, 1.54) is 0 Å². The van der Waals surface area contributed by atoms with Gasteiger partial charge in [-0.25, -0.2) is 0 Å². The second-order valence-corrected chi connectivity index (χ2v) is 5.75. The second-order valence-electron chi connectivity index (χ2n) is 4.05. The van der Waals surface area contributed by atoms with Crippen molar-refractivity contribution >= 4 is 45.0 Å². The standard InChI is InChI=1S/C12H12BrClN2O2/c1-15-12(18)9-3-2-8(5-10(9)14)16-6-7(13)4-11(16)17/h2-3,5,7H,4,6H2,1H3,(H,15,18). The Morgan fingerprint density at radius 3 is 2.78 bits per heavy atom. The zero-order chi connectivity index (χ0) is 13.3. The van der Waals surface area contributed by atoms with Crippen LogP contribution in [0.4, 0.5) is 5.69 Å². The van der Waals surface area contributed by atoms with E-state index in [4.69, 9.17) is 11.6 Å². The van der Waals surface area contributed by atoms with Crippen molar-refractivity contribution in [3.8, 4) is 0 Å². The van der Waals surface area contributed by atoms with Gasteiger partial charge in [0, 0.05) is 30.5 Å². The number of nitrogens with one attached hydrogen (secondary N) is 1. The van der Waals surface area contributed by atoms with E-state index >= 15 is 0 Å². The Balaban J connectivity index is 2.29. The Labute approximate surface area is 118 Å². The molecule has 1 unspecified atom stereocenters. The number of carbonyl (C=O) groups is 2. The maximum atomic E-state index is 11.7. The highest BCUT2D eigenvalue weighted by Gasteiger charge is 2.29. The van der Waals surface area contributed by atoms with Gasteiger partial charge >= 0.3 is 0 Å². The predicted octanol–water partition coefficient (Wildman–Crippen LogP) is 2.20. The van der Waals surface area contributed by atoms with Crippen LogP contribution >= 0.6 is 27.5 Å². The molecule has 0 bridgehead atoms. The molecule has 1 aromatic rings. The summed E-state index contributed by atoms with van der Waals surface area (Å²) in [7, 11) is 1.55. The molecule has 0 saturated carbocycles. The monoisotopic (exact) mass is 330 g/mol. The number of amides is 2. The van der Waals surface area contributed by atoms with Gasteiger partial charge in [0.1, 0.15) is 0 Å². The first-order valence-electron chi connectivity index (χ1n) is 5.49. The maximum absolute atomic E-state index is 11.7. The number of nitrogens with zero attached hydrogens (tertiary/aromatic N) is 1. The Morgan fingerprint density at radius 2 is 2.28 bits per heavy atom. The Bertz CT molecular complexity index is 507. The topological polar surface area (TPSA) is 49.4 Å². The number of carbonyl (C=O) groups excluding carboxylic acids is 2. The minimum atomic E-state index is -0.238. The van der Waals surface area contributed by atoms with Gasteiger partial charge in [0.2, 0.25) is 5.91 Å². The number of anilines is 1. The lowest BCUT2D eigenvalue weighted by atomic mass is 10.2. The molecule has 1 N–H and O–H groups in total. The first-order chi connectivity index (χ1) is 8.52. The molecule has 0 aliphatic carbocycles. The minimum Gasteiger partial charge on any atom is -0.355 e. The van der Waals surface area contributed by atoms with Gasteiger partial charge < -0.3 is 10.2 Å². The van der Waals surface area contributed by atoms with Crippen LogP contribution in [0, 0.1) is 0 Å². The molecule has 0 aromatic heterocycles.